The molecule has 0 aromatic heterocycles. The number of benzene rings is 1. The van der Waals surface area contributed by atoms with Gasteiger partial charge in [0.05, 0.1) is 20.2 Å². The maximum absolute atomic E-state index is 11.4. The minimum absolute atomic E-state index is 0. The van der Waals surface area contributed by atoms with Crippen molar-refractivity contribution in [2.24, 2.45) is 5.73 Å². The van der Waals surface area contributed by atoms with Crippen LogP contribution in [-0.4, -0.2) is 38.6 Å². The minimum Gasteiger partial charge on any atom is -0.497 e. The molecule has 0 bridgehead atoms. The molecule has 0 saturated heterocycles. The highest BCUT2D eigenvalue weighted by atomic mass is 35.5. The SMILES string of the molecule is COc1cccc(CCCNC(=O)CNC(=O)CN)c1.Cl. The van der Waals surface area contributed by atoms with Gasteiger partial charge in [-0.15, -0.1) is 12.4 Å². The molecule has 0 aliphatic heterocycles. The molecule has 0 fully saturated rings. The van der Waals surface area contributed by atoms with Crippen LogP contribution in [0.3, 0.4) is 0 Å². The molecule has 21 heavy (non-hydrogen) atoms. The quantitative estimate of drug-likeness (QED) is 0.599. The molecule has 0 spiro atoms. The summed E-state index contributed by atoms with van der Waals surface area (Å²) in [5.74, 6) is 0.282. The second kappa shape index (κ2) is 10.9. The molecule has 0 atom stereocenters. The van der Waals surface area contributed by atoms with Crippen molar-refractivity contribution < 1.29 is 14.3 Å². The lowest BCUT2D eigenvalue weighted by atomic mass is 10.1. The zero-order valence-corrected chi connectivity index (χ0v) is 12.9. The van der Waals surface area contributed by atoms with Crippen LogP contribution in [0.4, 0.5) is 0 Å². The number of hydrogen-bond acceptors (Lipinski definition) is 4. The zero-order chi connectivity index (χ0) is 14.8. The predicted molar refractivity (Wildman–Crippen MR) is 83.6 cm³/mol. The topological polar surface area (TPSA) is 93.5 Å². The summed E-state index contributed by atoms with van der Waals surface area (Å²) in [6.07, 6.45) is 1.68. The highest BCUT2D eigenvalue weighted by molar-refractivity contribution is 5.85. The number of rotatable bonds is 8. The van der Waals surface area contributed by atoms with Crippen LogP contribution >= 0.6 is 12.4 Å². The maximum atomic E-state index is 11.4. The summed E-state index contributed by atoms with van der Waals surface area (Å²) in [4.78, 5) is 22.3. The van der Waals surface area contributed by atoms with E-state index in [2.05, 4.69) is 10.6 Å². The Kier molecular flexibility index (Phi) is 10.0. The van der Waals surface area contributed by atoms with E-state index in [1.807, 2.05) is 24.3 Å². The third-order valence-corrected chi connectivity index (χ3v) is 2.73. The van der Waals surface area contributed by atoms with E-state index in [0.717, 1.165) is 24.2 Å². The molecule has 0 aliphatic carbocycles. The summed E-state index contributed by atoms with van der Waals surface area (Å²) in [7, 11) is 1.63. The lowest BCUT2D eigenvalue weighted by Crippen LogP contribution is -2.39. The molecule has 0 unspecified atom stereocenters. The molecule has 0 aliphatic rings. The van der Waals surface area contributed by atoms with Crippen LogP contribution < -0.4 is 21.1 Å². The predicted octanol–water partition coefficient (Wildman–Crippen LogP) is 0.241. The standard InChI is InChI=1S/C14H21N3O3.ClH/c1-20-12-6-2-4-11(8-12)5-3-7-16-14(19)10-17-13(18)9-15;/h2,4,6,8H,3,5,7,9-10,15H2,1H3,(H,16,19)(H,17,18);1H. The fraction of sp³-hybridized carbons (Fsp3) is 0.429. The van der Waals surface area contributed by atoms with E-state index in [0.29, 0.717) is 6.54 Å². The summed E-state index contributed by atoms with van der Waals surface area (Å²) in [6, 6.07) is 7.83. The van der Waals surface area contributed by atoms with Gasteiger partial charge in [-0.2, -0.15) is 0 Å². The first-order valence-electron chi connectivity index (χ1n) is 6.52. The number of carbonyl (C=O) groups excluding carboxylic acids is 2. The Hall–Kier alpha value is -1.79. The average molecular weight is 316 g/mol. The number of aryl methyl sites for hydroxylation is 1. The number of amides is 2. The second-order valence-corrected chi connectivity index (χ2v) is 4.29. The molecule has 4 N–H and O–H groups in total. The summed E-state index contributed by atoms with van der Waals surface area (Å²) >= 11 is 0. The van der Waals surface area contributed by atoms with Crippen LogP contribution in [0, 0.1) is 0 Å². The Bertz CT molecular complexity index is 455. The van der Waals surface area contributed by atoms with Gasteiger partial charge < -0.3 is 21.1 Å². The van der Waals surface area contributed by atoms with E-state index in [-0.39, 0.29) is 37.3 Å². The van der Waals surface area contributed by atoms with Crippen molar-refractivity contribution >= 4 is 24.2 Å². The molecular weight excluding hydrogens is 294 g/mol. The van der Waals surface area contributed by atoms with Gasteiger partial charge in [0.1, 0.15) is 5.75 Å². The van der Waals surface area contributed by atoms with Crippen molar-refractivity contribution in [3.63, 3.8) is 0 Å². The zero-order valence-electron chi connectivity index (χ0n) is 12.1. The van der Waals surface area contributed by atoms with Crippen molar-refractivity contribution in [1.29, 1.82) is 0 Å². The van der Waals surface area contributed by atoms with Crippen LogP contribution in [-0.2, 0) is 16.0 Å². The van der Waals surface area contributed by atoms with Crippen molar-refractivity contribution in [1.82, 2.24) is 10.6 Å². The summed E-state index contributed by atoms with van der Waals surface area (Å²) in [5.41, 5.74) is 6.28. The van der Waals surface area contributed by atoms with Crippen LogP contribution in [0.1, 0.15) is 12.0 Å². The maximum Gasteiger partial charge on any atom is 0.239 e. The van der Waals surface area contributed by atoms with Gasteiger partial charge in [-0.05, 0) is 30.5 Å². The molecule has 1 aromatic rings. The minimum atomic E-state index is -0.337. The van der Waals surface area contributed by atoms with E-state index in [4.69, 9.17) is 10.5 Å². The molecule has 2 amide bonds. The normalized spacial score (nSPS) is 9.43. The fourth-order valence-electron chi connectivity index (χ4n) is 1.66. The molecule has 0 radical (unpaired) electrons. The average Bonchev–Trinajstić information content (AvgIpc) is 2.49. The Morgan fingerprint density at radius 2 is 2.00 bits per heavy atom. The molecule has 118 valence electrons. The van der Waals surface area contributed by atoms with Crippen LogP contribution in [0.2, 0.25) is 0 Å². The Labute approximate surface area is 130 Å². The molecule has 6 nitrogen and oxygen atoms in total. The van der Waals surface area contributed by atoms with E-state index >= 15 is 0 Å². The van der Waals surface area contributed by atoms with Gasteiger partial charge in [0, 0.05) is 6.54 Å². The molecule has 7 heteroatoms. The monoisotopic (exact) mass is 315 g/mol. The Balaban J connectivity index is 0.00000400. The first kappa shape index (κ1) is 19.2. The summed E-state index contributed by atoms with van der Waals surface area (Å²) in [5, 5.41) is 5.15. The third kappa shape index (κ3) is 8.16. The lowest BCUT2D eigenvalue weighted by Gasteiger charge is -2.07. The van der Waals surface area contributed by atoms with Crippen molar-refractivity contribution in [2.75, 3.05) is 26.7 Å². The van der Waals surface area contributed by atoms with Gasteiger partial charge >= 0.3 is 0 Å². The number of carbonyl (C=O) groups is 2. The third-order valence-electron chi connectivity index (χ3n) is 2.73. The van der Waals surface area contributed by atoms with Gasteiger partial charge in [0.25, 0.3) is 0 Å². The lowest BCUT2D eigenvalue weighted by molar-refractivity contribution is -0.125. The van der Waals surface area contributed by atoms with Gasteiger partial charge in [-0.25, -0.2) is 0 Å². The van der Waals surface area contributed by atoms with Crippen molar-refractivity contribution in [2.45, 2.75) is 12.8 Å². The van der Waals surface area contributed by atoms with Crippen LogP contribution in [0.25, 0.3) is 0 Å². The largest absolute Gasteiger partial charge is 0.497 e. The van der Waals surface area contributed by atoms with Crippen LogP contribution in [0.15, 0.2) is 24.3 Å². The van der Waals surface area contributed by atoms with Gasteiger partial charge in [-0.1, -0.05) is 12.1 Å². The number of halogens is 1. The van der Waals surface area contributed by atoms with E-state index in [1.165, 1.54) is 0 Å². The number of methoxy groups -OCH3 is 1. The van der Waals surface area contributed by atoms with E-state index in [9.17, 15) is 9.59 Å². The van der Waals surface area contributed by atoms with Crippen molar-refractivity contribution in [3.8, 4) is 5.75 Å². The number of nitrogens with two attached hydrogens (primary N) is 1. The van der Waals surface area contributed by atoms with Gasteiger partial charge in [0.2, 0.25) is 11.8 Å². The molecule has 1 rings (SSSR count). The Morgan fingerprint density at radius 3 is 2.67 bits per heavy atom. The highest BCUT2D eigenvalue weighted by Crippen LogP contribution is 2.13. The number of hydrogen-bond donors (Lipinski definition) is 3. The summed E-state index contributed by atoms with van der Waals surface area (Å²) < 4.78 is 5.14. The second-order valence-electron chi connectivity index (χ2n) is 4.29. The number of ether oxygens (including phenoxy) is 1. The summed E-state index contributed by atoms with van der Waals surface area (Å²) in [6.45, 7) is 0.423. The van der Waals surface area contributed by atoms with Crippen molar-refractivity contribution in [3.05, 3.63) is 29.8 Å². The molecule has 0 heterocycles. The fourth-order valence-corrected chi connectivity index (χ4v) is 1.66. The Morgan fingerprint density at radius 1 is 1.24 bits per heavy atom. The first-order valence-corrected chi connectivity index (χ1v) is 6.52. The molecular formula is C14H22ClN3O3. The van der Waals surface area contributed by atoms with E-state index < -0.39 is 0 Å². The first-order chi connectivity index (χ1) is 9.65. The van der Waals surface area contributed by atoms with Gasteiger partial charge in [0.15, 0.2) is 0 Å². The smallest absolute Gasteiger partial charge is 0.239 e. The van der Waals surface area contributed by atoms with Gasteiger partial charge in [-0.3, -0.25) is 9.59 Å². The van der Waals surface area contributed by atoms with Crippen LogP contribution in [0.5, 0.6) is 5.75 Å². The molecule has 0 saturated carbocycles. The highest BCUT2D eigenvalue weighted by Gasteiger charge is 2.03. The number of nitrogens with one attached hydrogen (secondary N) is 2. The van der Waals surface area contributed by atoms with E-state index in [1.54, 1.807) is 7.11 Å². The molecule has 1 aromatic carbocycles.